The van der Waals surface area contributed by atoms with E-state index in [1.54, 1.807) is 36.5 Å². The van der Waals surface area contributed by atoms with Gasteiger partial charge in [0.05, 0.1) is 35.1 Å². The number of carbonyl (C=O) groups excluding carboxylic acids is 1. The number of carbonyl (C=O) groups is 1. The Bertz CT molecular complexity index is 1740. The van der Waals surface area contributed by atoms with Crippen LogP contribution in [0.15, 0.2) is 73.4 Å². The first-order valence-electron chi connectivity index (χ1n) is 13.9. The van der Waals surface area contributed by atoms with E-state index in [0.717, 1.165) is 48.0 Å². The normalized spacial score (nSPS) is 14.1. The summed E-state index contributed by atoms with van der Waals surface area (Å²) in [6, 6.07) is 13.4. The molecule has 1 fully saturated rings. The van der Waals surface area contributed by atoms with E-state index in [2.05, 4.69) is 30.7 Å². The highest BCUT2D eigenvalue weighted by Gasteiger charge is 2.29. The molecule has 1 atom stereocenters. The van der Waals surface area contributed by atoms with Crippen molar-refractivity contribution < 1.29 is 18.7 Å². The summed E-state index contributed by atoms with van der Waals surface area (Å²) in [4.78, 5) is 11.5. The highest BCUT2D eigenvalue weighted by molar-refractivity contribution is 6.31. The van der Waals surface area contributed by atoms with E-state index in [0.29, 0.717) is 28.6 Å². The lowest BCUT2D eigenvalue weighted by Gasteiger charge is -2.21. The molecule has 1 unspecified atom stereocenters. The maximum absolute atomic E-state index is 15.4. The topological polar surface area (TPSA) is 127 Å². The Morgan fingerprint density at radius 1 is 1.14 bits per heavy atom. The molecule has 1 aliphatic carbocycles. The highest BCUT2D eigenvalue weighted by Crippen LogP contribution is 2.37. The fraction of sp³-hybridized carbons (Fsp3) is 0.267. The summed E-state index contributed by atoms with van der Waals surface area (Å²) in [6.45, 7) is 0. The van der Waals surface area contributed by atoms with Crippen molar-refractivity contribution in [3.05, 3.63) is 95.2 Å². The van der Waals surface area contributed by atoms with Gasteiger partial charge in [-0.15, -0.1) is 5.10 Å². The third kappa shape index (κ3) is 5.91. The summed E-state index contributed by atoms with van der Waals surface area (Å²) in [7, 11) is 1.31. The van der Waals surface area contributed by atoms with E-state index in [9.17, 15) is 10.0 Å². The number of anilines is 1. The van der Waals surface area contributed by atoms with Gasteiger partial charge in [-0.05, 0) is 58.7 Å². The lowest BCUT2D eigenvalue weighted by atomic mass is 9.95. The number of hydrogen-bond donors (Lipinski definition) is 1. The summed E-state index contributed by atoms with van der Waals surface area (Å²) in [5, 5.41) is 32.0. The number of methoxy groups -OCH3 is 1. The molecule has 220 valence electrons. The average molecular weight is 603 g/mol. The molecule has 5 aromatic rings. The van der Waals surface area contributed by atoms with Crippen LogP contribution in [0.5, 0.6) is 0 Å². The largest absolute Gasteiger partial charge is 0.618 e. The fourth-order valence-electron chi connectivity index (χ4n) is 5.67. The molecule has 1 N–H and O–H groups in total. The number of aromatic nitrogens is 7. The molecule has 1 aliphatic rings. The molecule has 0 saturated heterocycles. The molecule has 0 radical (unpaired) electrons. The molecule has 1 saturated carbocycles. The van der Waals surface area contributed by atoms with Crippen LogP contribution in [0.1, 0.15) is 43.8 Å². The zero-order chi connectivity index (χ0) is 29.9. The van der Waals surface area contributed by atoms with Crippen molar-refractivity contribution in [3.8, 4) is 27.9 Å². The first-order chi connectivity index (χ1) is 20.9. The third-order valence-corrected chi connectivity index (χ3v) is 8.14. The zero-order valence-electron chi connectivity index (χ0n) is 23.2. The van der Waals surface area contributed by atoms with E-state index in [1.807, 2.05) is 23.0 Å². The molecule has 0 spiro atoms. The van der Waals surface area contributed by atoms with Crippen molar-refractivity contribution in [2.75, 3.05) is 12.4 Å². The quantitative estimate of drug-likeness (QED) is 0.171. The van der Waals surface area contributed by atoms with Crippen molar-refractivity contribution in [3.63, 3.8) is 0 Å². The maximum atomic E-state index is 15.4. The number of hydrogen-bond acceptors (Lipinski definition) is 7. The van der Waals surface area contributed by atoms with Gasteiger partial charge < -0.3 is 9.94 Å². The number of nitrogens with zero attached hydrogens (tertiary/aromatic N) is 7. The smallest absolute Gasteiger partial charge is 0.411 e. The lowest BCUT2D eigenvalue weighted by molar-refractivity contribution is -0.615. The van der Waals surface area contributed by atoms with E-state index < -0.39 is 11.9 Å². The molecule has 3 heterocycles. The van der Waals surface area contributed by atoms with E-state index in [1.165, 1.54) is 30.4 Å². The van der Waals surface area contributed by atoms with Gasteiger partial charge in [-0.1, -0.05) is 49.4 Å². The van der Waals surface area contributed by atoms with Crippen LogP contribution in [0, 0.1) is 16.9 Å². The molecule has 0 bridgehead atoms. The number of halogens is 2. The number of tetrazole rings is 1. The van der Waals surface area contributed by atoms with Gasteiger partial charge in [0.1, 0.15) is 12.4 Å². The highest BCUT2D eigenvalue weighted by atomic mass is 35.5. The minimum absolute atomic E-state index is 0.0781. The van der Waals surface area contributed by atoms with Gasteiger partial charge in [0, 0.05) is 23.5 Å². The van der Waals surface area contributed by atoms with Gasteiger partial charge in [0.25, 0.3) is 0 Å². The second-order valence-electron chi connectivity index (χ2n) is 10.5. The van der Waals surface area contributed by atoms with Gasteiger partial charge >= 0.3 is 6.09 Å². The molecule has 43 heavy (non-hydrogen) atoms. The van der Waals surface area contributed by atoms with Crippen molar-refractivity contribution in [2.24, 2.45) is 5.92 Å². The van der Waals surface area contributed by atoms with Crippen molar-refractivity contribution in [1.29, 1.82) is 0 Å². The van der Waals surface area contributed by atoms with Gasteiger partial charge in [-0.2, -0.15) is 14.5 Å². The average Bonchev–Trinajstić information content (AvgIpc) is 3.82. The van der Waals surface area contributed by atoms with Crippen LogP contribution < -0.4 is 10.0 Å². The van der Waals surface area contributed by atoms with Crippen LogP contribution in [-0.4, -0.2) is 43.2 Å². The number of nitrogens with one attached hydrogen (secondary N) is 1. The molecule has 2 aromatic carbocycles. The molecule has 1 amide bonds. The number of ether oxygens (including phenoxy) is 1. The maximum Gasteiger partial charge on any atom is 0.411 e. The van der Waals surface area contributed by atoms with Crippen molar-refractivity contribution in [2.45, 2.75) is 38.1 Å². The molecular formula is C30H28ClFN8O3. The van der Waals surface area contributed by atoms with Crippen LogP contribution in [0.25, 0.3) is 27.9 Å². The lowest BCUT2D eigenvalue weighted by Crippen LogP contribution is -2.36. The minimum atomic E-state index is -0.672. The molecule has 13 heteroatoms. The van der Waals surface area contributed by atoms with Crippen molar-refractivity contribution in [1.82, 2.24) is 30.0 Å². The van der Waals surface area contributed by atoms with Crippen LogP contribution in [-0.2, 0) is 4.74 Å². The first-order valence-corrected chi connectivity index (χ1v) is 14.2. The Morgan fingerprint density at radius 3 is 2.60 bits per heavy atom. The predicted molar refractivity (Wildman–Crippen MR) is 157 cm³/mol. The number of amides is 1. The Balaban J connectivity index is 1.34. The monoisotopic (exact) mass is 602 g/mol. The van der Waals surface area contributed by atoms with E-state index in [4.69, 9.17) is 11.6 Å². The van der Waals surface area contributed by atoms with Gasteiger partial charge in [0.15, 0.2) is 12.0 Å². The summed E-state index contributed by atoms with van der Waals surface area (Å²) >= 11 is 6.13. The molecule has 0 aliphatic heterocycles. The Labute approximate surface area is 251 Å². The standard InChI is InChI=1S/C30H28ClFN8O3/c1-43-30(41)35-23-9-6-20(7-10-23)22-15-34-38(16-22)27(14-19-4-2-3-5-19)25-12-8-21(17-40(25)42)28-26(39-18-33-36-37-39)13-11-24(31)29(28)32/h6-13,15-19,27H,2-5,14H2,1H3,(H,35,41). The Hall–Kier alpha value is -4.84. The predicted octanol–water partition coefficient (Wildman–Crippen LogP) is 5.97. The SMILES string of the molecule is COC(=O)Nc1ccc(-c2cnn(C(CC3CCCC3)c3ccc(-c4c(-n5cnnn5)ccc(Cl)c4F)c[n+]3[O-])c2)cc1. The van der Waals surface area contributed by atoms with Crippen LogP contribution in [0.3, 0.4) is 0 Å². The Kier molecular flexibility index (Phi) is 8.01. The van der Waals surface area contributed by atoms with Gasteiger partial charge in [0.2, 0.25) is 5.69 Å². The number of benzene rings is 2. The zero-order valence-corrected chi connectivity index (χ0v) is 24.0. The minimum Gasteiger partial charge on any atom is -0.618 e. The summed E-state index contributed by atoms with van der Waals surface area (Å²) in [5.74, 6) is -0.216. The third-order valence-electron chi connectivity index (χ3n) is 7.85. The molecule has 11 nitrogen and oxygen atoms in total. The molecule has 3 aromatic heterocycles. The second-order valence-corrected chi connectivity index (χ2v) is 10.9. The Morgan fingerprint density at radius 2 is 1.91 bits per heavy atom. The summed E-state index contributed by atoms with van der Waals surface area (Å²) in [5.41, 5.74) is 3.68. The molecular weight excluding hydrogens is 575 g/mol. The van der Waals surface area contributed by atoms with Gasteiger partial charge in [-0.3, -0.25) is 10.00 Å². The number of pyridine rings is 1. The molecule has 6 rings (SSSR count). The van der Waals surface area contributed by atoms with Crippen LogP contribution >= 0.6 is 11.6 Å². The van der Waals surface area contributed by atoms with Gasteiger partial charge in [-0.25, -0.2) is 9.18 Å². The van der Waals surface area contributed by atoms with Crippen LogP contribution in [0.4, 0.5) is 14.9 Å². The second kappa shape index (κ2) is 12.2. The number of rotatable bonds is 8. The van der Waals surface area contributed by atoms with Crippen LogP contribution in [0.2, 0.25) is 5.02 Å². The summed E-state index contributed by atoms with van der Waals surface area (Å²) in [6.07, 6.45) is 11.1. The summed E-state index contributed by atoms with van der Waals surface area (Å²) < 4.78 is 23.9. The van der Waals surface area contributed by atoms with Crippen molar-refractivity contribution >= 4 is 23.4 Å². The van der Waals surface area contributed by atoms with E-state index >= 15 is 4.39 Å². The first kappa shape index (κ1) is 28.3. The fourth-order valence-corrected chi connectivity index (χ4v) is 5.83. The van der Waals surface area contributed by atoms with E-state index in [-0.39, 0.29) is 16.6 Å².